The van der Waals surface area contributed by atoms with Gasteiger partial charge in [0.1, 0.15) is 0 Å². The molecule has 0 atom stereocenters. The maximum Gasteiger partial charge on any atom is 0.516 e. The van der Waals surface area contributed by atoms with Crippen molar-refractivity contribution in [1.29, 1.82) is 0 Å². The molecule has 0 radical (unpaired) electrons. The van der Waals surface area contributed by atoms with Gasteiger partial charge in [-0.15, -0.1) is 0 Å². The van der Waals surface area contributed by atoms with Gasteiger partial charge in [-0.2, -0.15) is 74.6 Å². The van der Waals surface area contributed by atoms with Gasteiger partial charge in [0.05, 0.1) is 0 Å². The van der Waals surface area contributed by atoms with Gasteiger partial charge in [0.15, 0.2) is 3.57 Å². The number of rotatable bonds is 8. The van der Waals surface area contributed by atoms with E-state index in [1.165, 1.54) is 0 Å². The Morgan fingerprint density at radius 1 is 0.406 bits per heavy atom. The largest absolute Gasteiger partial charge is 0.516 e. The first-order valence-electron chi connectivity index (χ1n) is 7.25. The fourth-order valence-corrected chi connectivity index (χ4v) is 4.05. The summed E-state index contributed by atoms with van der Waals surface area (Å²) in [6, 6.07) is 4.05. The highest BCUT2D eigenvalue weighted by molar-refractivity contribution is 5.14. The second kappa shape index (κ2) is 7.92. The molecule has 0 aliphatic rings. The molecule has 0 saturated heterocycles. The Morgan fingerprint density at radius 3 is 1.06 bits per heavy atom. The van der Waals surface area contributed by atoms with Crippen LogP contribution in [0.3, 0.4) is 0 Å². The number of alkyl halides is 18. The molecule has 1 aromatic rings. The van der Waals surface area contributed by atoms with Crippen LogP contribution in [0.5, 0.6) is 0 Å². The van der Waals surface area contributed by atoms with Crippen molar-refractivity contribution in [1.82, 2.24) is 0 Å². The second-order valence-corrected chi connectivity index (χ2v) is 8.97. The van der Waals surface area contributed by atoms with Crippen molar-refractivity contribution >= 4 is 0 Å². The van der Waals surface area contributed by atoms with E-state index in [0.29, 0.717) is 12.1 Å². The molecule has 0 N–H and O–H groups in total. The molecule has 0 bridgehead atoms. The van der Waals surface area contributed by atoms with E-state index in [1.807, 2.05) is 0 Å². The van der Waals surface area contributed by atoms with Crippen molar-refractivity contribution in [2.45, 2.75) is 45.6 Å². The maximum atomic E-state index is 13.7. The minimum atomic E-state index is -8.59. The average molecular weight is 623 g/mol. The highest BCUT2D eigenvalue weighted by atomic mass is 127. The minimum absolute atomic E-state index is 0.597. The van der Waals surface area contributed by atoms with Gasteiger partial charge in [-0.25, -0.2) is 0 Å². The summed E-state index contributed by atoms with van der Waals surface area (Å²) < 4.78 is 216. The molecule has 0 aliphatic heterocycles. The van der Waals surface area contributed by atoms with E-state index >= 15 is 0 Å². The van der Waals surface area contributed by atoms with Crippen LogP contribution in [-0.4, -0.2) is 45.6 Å². The molecule has 18 heteroatoms. The Morgan fingerprint density at radius 2 is 0.719 bits per heavy atom. The highest BCUT2D eigenvalue weighted by Gasteiger charge is 2.97. The standard InChI is InChI=1S/C14H5F17I/c15-7(16,9(19,20)11(23,24)13(27,28)29)8(17,18)10(21,22)12(25,26)14(30,31)32-6-4-2-1-3-5-6/h1-5H/q+1. The van der Waals surface area contributed by atoms with Crippen LogP contribution in [0.2, 0.25) is 0 Å². The topological polar surface area (TPSA) is 0 Å². The van der Waals surface area contributed by atoms with Crippen LogP contribution in [0.15, 0.2) is 30.3 Å². The van der Waals surface area contributed by atoms with Crippen molar-refractivity contribution in [2.75, 3.05) is 0 Å². The lowest BCUT2D eigenvalue weighted by Crippen LogP contribution is -3.68. The lowest BCUT2D eigenvalue weighted by molar-refractivity contribution is -0.790. The zero-order valence-corrected chi connectivity index (χ0v) is 16.3. The quantitative estimate of drug-likeness (QED) is 0.234. The molecule has 0 spiro atoms. The molecule has 1 rings (SSSR count). The van der Waals surface area contributed by atoms with Crippen LogP contribution >= 0.6 is 0 Å². The Bertz CT molecular complexity index is 795. The average Bonchev–Trinajstić information content (AvgIpc) is 2.60. The molecule has 186 valence electrons. The van der Waals surface area contributed by atoms with Crippen LogP contribution in [0.4, 0.5) is 74.6 Å². The summed E-state index contributed by atoms with van der Waals surface area (Å²) in [6.45, 7) is 0. The van der Waals surface area contributed by atoms with Gasteiger partial charge in [-0.05, 0) is 12.1 Å². The van der Waals surface area contributed by atoms with Crippen LogP contribution in [-0.2, 0) is 0 Å². The molecule has 0 heterocycles. The smallest absolute Gasteiger partial charge is 0.192 e. The molecule has 0 fully saturated rings. The van der Waals surface area contributed by atoms with Crippen molar-refractivity contribution in [2.24, 2.45) is 0 Å². The molecule has 0 aromatic heterocycles. The van der Waals surface area contributed by atoms with Crippen molar-refractivity contribution < 1.29 is 95.8 Å². The van der Waals surface area contributed by atoms with Crippen LogP contribution in [0, 0.1) is 3.57 Å². The number of benzene rings is 1. The normalized spacial score (nSPS) is 15.8. The third-order valence-corrected chi connectivity index (χ3v) is 6.34. The predicted octanol–water partition coefficient (Wildman–Crippen LogP) is 3.91. The summed E-state index contributed by atoms with van der Waals surface area (Å²) in [5, 5.41) is 0. The Balaban J connectivity index is 3.58. The Kier molecular flexibility index (Phi) is 7.12. The summed E-state index contributed by atoms with van der Waals surface area (Å²) in [5.41, 5.74) is 0. The maximum absolute atomic E-state index is 13.7. The SMILES string of the molecule is FC(F)(F)C(F)(F)C(F)(F)C(F)(F)C(F)(F)C(F)(F)C(F)(F)C(F)(F)[I+]c1ccccc1. The molecule has 0 nitrogen and oxygen atoms in total. The molecule has 1 aromatic carbocycles. The third-order valence-electron chi connectivity index (χ3n) is 3.64. The fraction of sp³-hybridized carbons (Fsp3) is 0.571. The number of halogens is 18. The lowest BCUT2D eigenvalue weighted by Gasteiger charge is -2.41. The summed E-state index contributed by atoms with van der Waals surface area (Å²) in [6.07, 6.45) is -7.75. The van der Waals surface area contributed by atoms with Crippen molar-refractivity contribution in [3.05, 3.63) is 33.9 Å². The lowest BCUT2D eigenvalue weighted by atomic mass is 9.91. The van der Waals surface area contributed by atoms with E-state index in [-0.39, 0.29) is 0 Å². The Labute approximate surface area is 176 Å². The minimum Gasteiger partial charge on any atom is -0.192 e. The van der Waals surface area contributed by atoms with Crippen molar-refractivity contribution in [3.63, 3.8) is 0 Å². The summed E-state index contributed by atoms with van der Waals surface area (Å²) in [5.74, 6) is -49.6. The molecule has 0 unspecified atom stereocenters. The monoisotopic (exact) mass is 623 g/mol. The highest BCUT2D eigenvalue weighted by Crippen LogP contribution is 2.63. The summed E-state index contributed by atoms with van der Waals surface area (Å²) in [7, 11) is 0. The van der Waals surface area contributed by atoms with Gasteiger partial charge in [-0.1, -0.05) is 18.2 Å². The van der Waals surface area contributed by atoms with Gasteiger partial charge in [0, 0.05) is 0 Å². The van der Waals surface area contributed by atoms with E-state index < -0.39 is 70.4 Å². The first-order chi connectivity index (χ1) is 13.8. The Hall–Kier alpha value is -1.24. The third kappa shape index (κ3) is 3.97. The molecular formula is C14H5F17I+. The predicted molar refractivity (Wildman–Crippen MR) is 65.8 cm³/mol. The second-order valence-electron chi connectivity index (χ2n) is 5.83. The van der Waals surface area contributed by atoms with E-state index in [9.17, 15) is 74.6 Å². The first-order valence-corrected chi connectivity index (χ1v) is 9.41. The molecular weight excluding hydrogens is 618 g/mol. The molecule has 32 heavy (non-hydrogen) atoms. The zero-order chi connectivity index (χ0) is 25.8. The van der Waals surface area contributed by atoms with Gasteiger partial charge < -0.3 is 0 Å². The fourth-order valence-electron chi connectivity index (χ4n) is 1.82. The van der Waals surface area contributed by atoms with Crippen LogP contribution < -0.4 is 21.2 Å². The van der Waals surface area contributed by atoms with E-state index in [2.05, 4.69) is 0 Å². The first kappa shape index (κ1) is 28.8. The number of hydrogen-bond donors (Lipinski definition) is 0. The van der Waals surface area contributed by atoms with Gasteiger partial charge in [-0.3, -0.25) is 0 Å². The molecule has 0 aliphatic carbocycles. The van der Waals surface area contributed by atoms with Gasteiger partial charge in [0.25, 0.3) is 0 Å². The van der Waals surface area contributed by atoms with Crippen LogP contribution in [0.1, 0.15) is 0 Å². The zero-order valence-electron chi connectivity index (χ0n) is 14.2. The van der Waals surface area contributed by atoms with E-state index in [1.54, 1.807) is 0 Å². The van der Waals surface area contributed by atoms with E-state index in [4.69, 9.17) is 0 Å². The number of hydrogen-bond acceptors (Lipinski definition) is 0. The van der Waals surface area contributed by atoms with Gasteiger partial charge in [0.2, 0.25) is 0 Å². The van der Waals surface area contributed by atoms with Gasteiger partial charge >= 0.3 is 66.8 Å². The molecule has 0 saturated carbocycles. The van der Waals surface area contributed by atoms with Crippen molar-refractivity contribution in [3.8, 4) is 0 Å². The van der Waals surface area contributed by atoms with E-state index in [0.717, 1.165) is 18.2 Å². The summed E-state index contributed by atoms with van der Waals surface area (Å²) in [4.78, 5) is 0. The molecule has 0 amide bonds. The summed E-state index contributed by atoms with van der Waals surface area (Å²) >= 11 is -3.79. The van der Waals surface area contributed by atoms with Crippen LogP contribution in [0.25, 0.3) is 0 Å².